The summed E-state index contributed by atoms with van der Waals surface area (Å²) in [6, 6.07) is 15.5. The average molecular weight is 344 g/mol. The SMILES string of the molecule is CN(Cc1cccc(Br)c1)C(=O)c1coc2ccccc12. The predicted molar refractivity (Wildman–Crippen MR) is 86.2 cm³/mol. The van der Waals surface area contributed by atoms with E-state index in [4.69, 9.17) is 4.42 Å². The minimum atomic E-state index is -0.0417. The Morgan fingerprint density at radius 1 is 1.19 bits per heavy atom. The largest absolute Gasteiger partial charge is 0.463 e. The van der Waals surface area contributed by atoms with E-state index in [0.717, 1.165) is 21.0 Å². The zero-order valence-electron chi connectivity index (χ0n) is 11.5. The second-order valence-electron chi connectivity index (χ2n) is 4.94. The molecule has 3 nitrogen and oxygen atoms in total. The van der Waals surface area contributed by atoms with Crippen molar-refractivity contribution in [1.82, 2.24) is 4.90 Å². The lowest BCUT2D eigenvalue weighted by Gasteiger charge is -2.16. The second-order valence-corrected chi connectivity index (χ2v) is 5.85. The maximum Gasteiger partial charge on any atom is 0.257 e. The van der Waals surface area contributed by atoms with Gasteiger partial charge in [0.2, 0.25) is 0 Å². The number of para-hydroxylation sites is 1. The van der Waals surface area contributed by atoms with Crippen LogP contribution in [-0.4, -0.2) is 17.9 Å². The quantitative estimate of drug-likeness (QED) is 0.703. The molecule has 0 atom stereocenters. The summed E-state index contributed by atoms with van der Waals surface area (Å²) < 4.78 is 6.44. The fourth-order valence-corrected chi connectivity index (χ4v) is 2.78. The molecule has 21 heavy (non-hydrogen) atoms. The maximum atomic E-state index is 12.6. The highest BCUT2D eigenvalue weighted by Gasteiger charge is 2.17. The Morgan fingerprint density at radius 3 is 2.81 bits per heavy atom. The van der Waals surface area contributed by atoms with Gasteiger partial charge in [0.15, 0.2) is 0 Å². The molecular formula is C17H14BrNO2. The van der Waals surface area contributed by atoms with E-state index >= 15 is 0 Å². The summed E-state index contributed by atoms with van der Waals surface area (Å²) in [5, 5.41) is 0.851. The van der Waals surface area contributed by atoms with E-state index in [1.54, 1.807) is 11.9 Å². The van der Waals surface area contributed by atoms with Crippen LogP contribution in [0.5, 0.6) is 0 Å². The molecule has 0 aliphatic rings. The van der Waals surface area contributed by atoms with Gasteiger partial charge in [-0.1, -0.05) is 46.3 Å². The summed E-state index contributed by atoms with van der Waals surface area (Å²) in [7, 11) is 1.80. The van der Waals surface area contributed by atoms with Gasteiger partial charge in [0.05, 0.1) is 5.56 Å². The molecule has 3 aromatic rings. The molecular weight excluding hydrogens is 330 g/mol. The number of halogens is 1. The zero-order chi connectivity index (χ0) is 14.8. The van der Waals surface area contributed by atoms with Crippen LogP contribution < -0.4 is 0 Å². The first-order valence-electron chi connectivity index (χ1n) is 6.61. The molecule has 0 bridgehead atoms. The van der Waals surface area contributed by atoms with Gasteiger partial charge in [-0.15, -0.1) is 0 Å². The van der Waals surface area contributed by atoms with Crippen molar-refractivity contribution >= 4 is 32.8 Å². The van der Waals surface area contributed by atoms with Crippen LogP contribution >= 0.6 is 15.9 Å². The van der Waals surface area contributed by atoms with Gasteiger partial charge in [-0.3, -0.25) is 4.79 Å². The monoisotopic (exact) mass is 343 g/mol. The minimum Gasteiger partial charge on any atom is -0.463 e. The molecule has 0 aliphatic heterocycles. The maximum absolute atomic E-state index is 12.6. The Bertz CT molecular complexity index is 794. The topological polar surface area (TPSA) is 33.5 Å². The van der Waals surface area contributed by atoms with E-state index in [2.05, 4.69) is 15.9 Å². The molecule has 1 heterocycles. The lowest BCUT2D eigenvalue weighted by Crippen LogP contribution is -2.25. The molecule has 2 aromatic carbocycles. The summed E-state index contributed by atoms with van der Waals surface area (Å²) in [6.07, 6.45) is 1.53. The van der Waals surface area contributed by atoms with Crippen molar-refractivity contribution in [2.75, 3.05) is 7.05 Å². The summed E-state index contributed by atoms with van der Waals surface area (Å²) >= 11 is 3.44. The zero-order valence-corrected chi connectivity index (χ0v) is 13.1. The van der Waals surface area contributed by atoms with E-state index in [1.165, 1.54) is 6.26 Å². The highest BCUT2D eigenvalue weighted by atomic mass is 79.9. The van der Waals surface area contributed by atoms with Gasteiger partial charge >= 0.3 is 0 Å². The molecule has 106 valence electrons. The van der Waals surface area contributed by atoms with Gasteiger partial charge in [-0.2, -0.15) is 0 Å². The van der Waals surface area contributed by atoms with E-state index in [9.17, 15) is 4.79 Å². The molecule has 1 aromatic heterocycles. The smallest absolute Gasteiger partial charge is 0.257 e. The Morgan fingerprint density at radius 2 is 2.00 bits per heavy atom. The molecule has 0 saturated heterocycles. The molecule has 0 fully saturated rings. The molecule has 0 spiro atoms. The summed E-state index contributed by atoms with van der Waals surface area (Å²) in [5.41, 5.74) is 2.41. The van der Waals surface area contributed by atoms with Crippen LogP contribution in [0.2, 0.25) is 0 Å². The Hall–Kier alpha value is -2.07. The normalized spacial score (nSPS) is 10.8. The van der Waals surface area contributed by atoms with Gasteiger partial charge in [0, 0.05) is 23.5 Å². The summed E-state index contributed by atoms with van der Waals surface area (Å²) in [5.74, 6) is -0.0417. The van der Waals surface area contributed by atoms with E-state index in [-0.39, 0.29) is 5.91 Å². The van der Waals surface area contributed by atoms with Crippen LogP contribution in [0, 0.1) is 0 Å². The number of carbonyl (C=O) groups is 1. The molecule has 0 N–H and O–H groups in total. The minimum absolute atomic E-state index is 0.0417. The first-order valence-corrected chi connectivity index (χ1v) is 7.40. The van der Waals surface area contributed by atoms with Crippen LogP contribution in [0.3, 0.4) is 0 Å². The van der Waals surface area contributed by atoms with Crippen molar-refractivity contribution in [3.05, 3.63) is 70.4 Å². The van der Waals surface area contributed by atoms with Crippen molar-refractivity contribution in [2.24, 2.45) is 0 Å². The lowest BCUT2D eigenvalue weighted by atomic mass is 10.1. The van der Waals surface area contributed by atoms with Crippen LogP contribution in [0.15, 0.2) is 63.7 Å². The third-order valence-corrected chi connectivity index (χ3v) is 3.86. The molecule has 1 amide bonds. The van der Waals surface area contributed by atoms with Crippen molar-refractivity contribution in [3.63, 3.8) is 0 Å². The average Bonchev–Trinajstić information content (AvgIpc) is 2.90. The number of nitrogens with zero attached hydrogens (tertiary/aromatic N) is 1. The molecule has 0 unspecified atom stereocenters. The third kappa shape index (κ3) is 2.85. The predicted octanol–water partition coefficient (Wildman–Crippen LogP) is 4.47. The number of hydrogen-bond donors (Lipinski definition) is 0. The second kappa shape index (κ2) is 5.74. The molecule has 0 aliphatic carbocycles. The van der Waals surface area contributed by atoms with Gasteiger partial charge in [-0.25, -0.2) is 0 Å². The Labute approximate surface area is 131 Å². The lowest BCUT2D eigenvalue weighted by molar-refractivity contribution is 0.0786. The van der Waals surface area contributed by atoms with Crippen molar-refractivity contribution in [1.29, 1.82) is 0 Å². The van der Waals surface area contributed by atoms with Gasteiger partial charge < -0.3 is 9.32 Å². The van der Waals surface area contributed by atoms with E-state index in [1.807, 2.05) is 48.5 Å². The fraction of sp³-hybridized carbons (Fsp3) is 0.118. The third-order valence-electron chi connectivity index (χ3n) is 3.37. The van der Waals surface area contributed by atoms with Gasteiger partial charge in [-0.05, 0) is 23.8 Å². The molecule has 3 rings (SSSR count). The molecule has 0 saturated carbocycles. The number of furan rings is 1. The fourth-order valence-electron chi connectivity index (χ4n) is 2.33. The number of benzene rings is 2. The summed E-state index contributed by atoms with van der Waals surface area (Å²) in [6.45, 7) is 0.553. The Balaban J connectivity index is 1.84. The standard InChI is InChI=1S/C17H14BrNO2/c1-19(10-12-5-4-6-13(18)9-12)17(20)15-11-21-16-8-3-2-7-14(15)16/h2-9,11H,10H2,1H3. The van der Waals surface area contributed by atoms with Crippen LogP contribution in [0.25, 0.3) is 11.0 Å². The van der Waals surface area contributed by atoms with Crippen LogP contribution in [0.1, 0.15) is 15.9 Å². The van der Waals surface area contributed by atoms with Gasteiger partial charge in [0.25, 0.3) is 5.91 Å². The van der Waals surface area contributed by atoms with Crippen LogP contribution in [-0.2, 0) is 6.54 Å². The van der Waals surface area contributed by atoms with Crippen LogP contribution in [0.4, 0.5) is 0 Å². The Kier molecular flexibility index (Phi) is 3.80. The van der Waals surface area contributed by atoms with Crippen molar-refractivity contribution in [3.8, 4) is 0 Å². The first kappa shape index (κ1) is 13.9. The van der Waals surface area contributed by atoms with E-state index in [0.29, 0.717) is 12.1 Å². The molecule has 4 heteroatoms. The highest BCUT2D eigenvalue weighted by molar-refractivity contribution is 9.10. The number of fused-ring (bicyclic) bond motifs is 1. The first-order chi connectivity index (χ1) is 10.1. The number of carbonyl (C=O) groups excluding carboxylic acids is 1. The van der Waals surface area contributed by atoms with Crippen molar-refractivity contribution < 1.29 is 9.21 Å². The number of hydrogen-bond acceptors (Lipinski definition) is 2. The van der Waals surface area contributed by atoms with Gasteiger partial charge in [0.1, 0.15) is 11.8 Å². The van der Waals surface area contributed by atoms with E-state index < -0.39 is 0 Å². The molecule has 0 radical (unpaired) electrons. The number of rotatable bonds is 3. The summed E-state index contributed by atoms with van der Waals surface area (Å²) in [4.78, 5) is 14.3. The number of amides is 1. The van der Waals surface area contributed by atoms with Crippen molar-refractivity contribution in [2.45, 2.75) is 6.54 Å². The highest BCUT2D eigenvalue weighted by Crippen LogP contribution is 2.22.